The predicted molar refractivity (Wildman–Crippen MR) is 79.5 cm³/mol. The first-order valence-corrected chi connectivity index (χ1v) is 6.68. The van der Waals surface area contributed by atoms with E-state index in [9.17, 15) is 9.90 Å². The molecule has 2 rings (SSSR count). The number of hydrogen-bond donors (Lipinski definition) is 2. The van der Waals surface area contributed by atoms with Crippen molar-refractivity contribution in [2.24, 2.45) is 0 Å². The quantitative estimate of drug-likeness (QED) is 0.896. The van der Waals surface area contributed by atoms with Crippen molar-refractivity contribution in [2.75, 3.05) is 0 Å². The molecule has 0 aliphatic heterocycles. The van der Waals surface area contributed by atoms with E-state index in [0.717, 1.165) is 11.1 Å². The summed E-state index contributed by atoms with van der Waals surface area (Å²) in [6.45, 7) is 3.74. The molecule has 0 aliphatic rings. The van der Waals surface area contributed by atoms with E-state index >= 15 is 0 Å². The minimum absolute atomic E-state index is 0.170. The molecule has 0 radical (unpaired) electrons. The third-order valence-corrected chi connectivity index (χ3v) is 3.25. The van der Waals surface area contributed by atoms with Crippen LogP contribution in [-0.2, 0) is 0 Å². The first kappa shape index (κ1) is 14.3. The van der Waals surface area contributed by atoms with E-state index in [-0.39, 0.29) is 11.9 Å². The standard InChI is InChI=1S/C17H19NO2/c1-12-7-6-10-15(11-12)17(20)18-13(2)16(19)14-8-4-3-5-9-14/h3-11,13,16,19H,1-2H3,(H,18,20)/t13-,16+/m0/s1. The Morgan fingerprint density at radius 1 is 1.10 bits per heavy atom. The summed E-state index contributed by atoms with van der Waals surface area (Å²) in [6.07, 6.45) is -0.718. The molecule has 2 atom stereocenters. The minimum atomic E-state index is -0.718. The minimum Gasteiger partial charge on any atom is -0.386 e. The van der Waals surface area contributed by atoms with Crippen LogP contribution in [0.2, 0.25) is 0 Å². The second kappa shape index (κ2) is 6.35. The lowest BCUT2D eigenvalue weighted by Crippen LogP contribution is -2.37. The predicted octanol–water partition coefficient (Wildman–Crippen LogP) is 2.85. The highest BCUT2D eigenvalue weighted by Crippen LogP contribution is 2.16. The lowest BCUT2D eigenvalue weighted by atomic mass is 10.0. The zero-order valence-electron chi connectivity index (χ0n) is 11.7. The summed E-state index contributed by atoms with van der Waals surface area (Å²) in [4.78, 5) is 12.1. The van der Waals surface area contributed by atoms with Crippen LogP contribution in [0, 0.1) is 6.92 Å². The molecule has 3 nitrogen and oxygen atoms in total. The van der Waals surface area contributed by atoms with E-state index in [2.05, 4.69) is 5.32 Å². The van der Waals surface area contributed by atoms with Gasteiger partial charge in [-0.2, -0.15) is 0 Å². The molecule has 0 saturated heterocycles. The molecule has 0 aliphatic carbocycles. The van der Waals surface area contributed by atoms with Gasteiger partial charge in [0.1, 0.15) is 0 Å². The normalized spacial score (nSPS) is 13.6. The van der Waals surface area contributed by atoms with Crippen molar-refractivity contribution in [2.45, 2.75) is 26.0 Å². The monoisotopic (exact) mass is 269 g/mol. The first-order chi connectivity index (χ1) is 9.58. The Kier molecular flexibility index (Phi) is 4.53. The maximum atomic E-state index is 12.1. The molecule has 1 amide bonds. The molecule has 0 bridgehead atoms. The van der Waals surface area contributed by atoms with Gasteiger partial charge in [0.25, 0.3) is 5.91 Å². The highest BCUT2D eigenvalue weighted by Gasteiger charge is 2.18. The van der Waals surface area contributed by atoms with Crippen LogP contribution in [0.1, 0.15) is 34.5 Å². The first-order valence-electron chi connectivity index (χ1n) is 6.68. The molecule has 0 unspecified atom stereocenters. The Morgan fingerprint density at radius 3 is 2.45 bits per heavy atom. The summed E-state index contributed by atoms with van der Waals surface area (Å²) in [5, 5.41) is 13.1. The number of aliphatic hydroxyl groups is 1. The summed E-state index contributed by atoms with van der Waals surface area (Å²) in [6, 6.07) is 16.4. The molecular weight excluding hydrogens is 250 g/mol. The van der Waals surface area contributed by atoms with Crippen LogP contribution < -0.4 is 5.32 Å². The summed E-state index contributed by atoms with van der Waals surface area (Å²) in [7, 11) is 0. The second-order valence-corrected chi connectivity index (χ2v) is 4.99. The number of carbonyl (C=O) groups is 1. The average Bonchev–Trinajstić information content (AvgIpc) is 2.47. The average molecular weight is 269 g/mol. The molecule has 2 aromatic carbocycles. The van der Waals surface area contributed by atoms with Crippen LogP contribution in [-0.4, -0.2) is 17.1 Å². The summed E-state index contributed by atoms with van der Waals surface area (Å²) in [5.74, 6) is -0.170. The van der Waals surface area contributed by atoms with Gasteiger partial charge in [-0.3, -0.25) is 4.79 Å². The number of hydrogen-bond acceptors (Lipinski definition) is 2. The van der Waals surface area contributed by atoms with Gasteiger partial charge >= 0.3 is 0 Å². The van der Waals surface area contributed by atoms with Crippen LogP contribution >= 0.6 is 0 Å². The molecular formula is C17H19NO2. The van der Waals surface area contributed by atoms with E-state index < -0.39 is 6.10 Å². The Hall–Kier alpha value is -2.13. The van der Waals surface area contributed by atoms with Crippen LogP contribution in [0.5, 0.6) is 0 Å². The number of rotatable bonds is 4. The summed E-state index contributed by atoms with van der Waals surface area (Å²) >= 11 is 0. The van der Waals surface area contributed by atoms with Gasteiger partial charge in [0, 0.05) is 5.56 Å². The largest absolute Gasteiger partial charge is 0.386 e. The van der Waals surface area contributed by atoms with Gasteiger partial charge in [-0.05, 0) is 31.5 Å². The van der Waals surface area contributed by atoms with Crippen LogP contribution in [0.4, 0.5) is 0 Å². The van der Waals surface area contributed by atoms with Gasteiger partial charge in [-0.15, -0.1) is 0 Å². The fourth-order valence-electron chi connectivity index (χ4n) is 2.09. The Morgan fingerprint density at radius 2 is 1.80 bits per heavy atom. The highest BCUT2D eigenvalue weighted by atomic mass is 16.3. The zero-order chi connectivity index (χ0) is 14.5. The molecule has 2 N–H and O–H groups in total. The second-order valence-electron chi connectivity index (χ2n) is 4.99. The van der Waals surface area contributed by atoms with Crippen LogP contribution in [0.3, 0.4) is 0 Å². The summed E-state index contributed by atoms with van der Waals surface area (Å²) < 4.78 is 0. The van der Waals surface area contributed by atoms with Crippen molar-refractivity contribution in [1.29, 1.82) is 0 Å². The van der Waals surface area contributed by atoms with E-state index in [1.165, 1.54) is 0 Å². The Labute approximate surface area is 119 Å². The van der Waals surface area contributed by atoms with Crippen molar-refractivity contribution in [3.8, 4) is 0 Å². The van der Waals surface area contributed by atoms with Gasteiger partial charge in [-0.1, -0.05) is 48.0 Å². The molecule has 0 spiro atoms. The number of nitrogens with one attached hydrogen (secondary N) is 1. The molecule has 2 aromatic rings. The maximum absolute atomic E-state index is 12.1. The van der Waals surface area contributed by atoms with E-state index in [1.54, 1.807) is 13.0 Å². The molecule has 0 saturated carbocycles. The summed E-state index contributed by atoms with van der Waals surface area (Å²) in [5.41, 5.74) is 2.44. The smallest absolute Gasteiger partial charge is 0.251 e. The third-order valence-electron chi connectivity index (χ3n) is 3.25. The van der Waals surface area contributed by atoms with Crippen molar-refractivity contribution in [1.82, 2.24) is 5.32 Å². The fourth-order valence-corrected chi connectivity index (χ4v) is 2.09. The molecule has 3 heteroatoms. The third kappa shape index (κ3) is 3.45. The highest BCUT2D eigenvalue weighted by molar-refractivity contribution is 5.94. The van der Waals surface area contributed by atoms with E-state index in [0.29, 0.717) is 5.56 Å². The number of benzene rings is 2. The Balaban J connectivity index is 2.04. The van der Waals surface area contributed by atoms with Gasteiger partial charge in [-0.25, -0.2) is 0 Å². The van der Waals surface area contributed by atoms with Crippen molar-refractivity contribution in [3.05, 3.63) is 71.3 Å². The van der Waals surface area contributed by atoms with Gasteiger partial charge in [0.2, 0.25) is 0 Å². The lowest BCUT2D eigenvalue weighted by molar-refractivity contribution is 0.0852. The van der Waals surface area contributed by atoms with Gasteiger partial charge in [0.05, 0.1) is 12.1 Å². The number of carbonyl (C=O) groups excluding carboxylic acids is 1. The van der Waals surface area contributed by atoms with Crippen molar-refractivity contribution in [3.63, 3.8) is 0 Å². The lowest BCUT2D eigenvalue weighted by Gasteiger charge is -2.20. The Bertz CT molecular complexity index is 581. The van der Waals surface area contributed by atoms with Crippen LogP contribution in [0.25, 0.3) is 0 Å². The SMILES string of the molecule is Cc1cccc(C(=O)N[C@@H](C)[C@@H](O)c2ccccc2)c1. The molecule has 0 aromatic heterocycles. The number of aliphatic hydroxyl groups excluding tert-OH is 1. The van der Waals surface area contributed by atoms with Crippen molar-refractivity contribution >= 4 is 5.91 Å². The fraction of sp³-hybridized carbons (Fsp3) is 0.235. The number of amides is 1. The zero-order valence-corrected chi connectivity index (χ0v) is 11.7. The van der Waals surface area contributed by atoms with Crippen LogP contribution in [0.15, 0.2) is 54.6 Å². The van der Waals surface area contributed by atoms with E-state index in [1.807, 2.05) is 55.5 Å². The number of aryl methyl sites for hydroxylation is 1. The molecule has 104 valence electrons. The molecule has 0 fully saturated rings. The topological polar surface area (TPSA) is 49.3 Å². The maximum Gasteiger partial charge on any atom is 0.251 e. The van der Waals surface area contributed by atoms with Gasteiger partial charge < -0.3 is 10.4 Å². The van der Waals surface area contributed by atoms with Gasteiger partial charge in [0.15, 0.2) is 0 Å². The molecule has 0 heterocycles. The molecule has 20 heavy (non-hydrogen) atoms. The van der Waals surface area contributed by atoms with E-state index in [4.69, 9.17) is 0 Å². The van der Waals surface area contributed by atoms with Crippen molar-refractivity contribution < 1.29 is 9.90 Å².